The van der Waals surface area contributed by atoms with Gasteiger partial charge in [-0.3, -0.25) is 13.2 Å². The molecular formula is C36H49N2O9S2+. The fourth-order valence-corrected chi connectivity index (χ4v) is 8.10. The van der Waals surface area contributed by atoms with Crippen LogP contribution in [-0.4, -0.2) is 88.7 Å². The van der Waals surface area contributed by atoms with Crippen molar-refractivity contribution in [1.82, 2.24) is 0 Å². The van der Waals surface area contributed by atoms with Gasteiger partial charge in [0.1, 0.15) is 6.61 Å². The lowest BCUT2D eigenvalue weighted by molar-refractivity contribution is -0.441. The second-order valence-corrected chi connectivity index (χ2v) is 15.9. The Bertz CT molecular complexity index is 1770. The van der Waals surface area contributed by atoms with E-state index in [1.54, 1.807) is 26.4 Å². The van der Waals surface area contributed by atoms with E-state index in [2.05, 4.69) is 42.4 Å². The lowest BCUT2D eigenvalue weighted by Crippen LogP contribution is -2.30. The van der Waals surface area contributed by atoms with E-state index in [-0.39, 0.29) is 11.3 Å². The maximum absolute atomic E-state index is 12.7. The average Bonchev–Trinajstić information content (AvgIpc) is 3.44. The van der Waals surface area contributed by atoms with Crippen LogP contribution >= 0.6 is 0 Å². The molecule has 2 aliphatic heterocycles. The summed E-state index contributed by atoms with van der Waals surface area (Å²) < 4.78 is 61.0. The lowest BCUT2D eigenvalue weighted by Gasteiger charge is -2.30. The number of anilines is 1. The van der Waals surface area contributed by atoms with Crippen molar-refractivity contribution >= 4 is 44.3 Å². The largest absolute Gasteiger partial charge is 0.481 e. The van der Waals surface area contributed by atoms with Crippen LogP contribution in [0.25, 0.3) is 0 Å². The molecule has 0 aliphatic carbocycles. The van der Waals surface area contributed by atoms with Crippen molar-refractivity contribution in [3.05, 3.63) is 71.5 Å². The van der Waals surface area contributed by atoms with Crippen LogP contribution in [0.5, 0.6) is 0 Å². The molecule has 0 fully saturated rings. The van der Waals surface area contributed by atoms with E-state index in [0.717, 1.165) is 53.9 Å². The summed E-state index contributed by atoms with van der Waals surface area (Å²) in [5.74, 6) is -0.798. The zero-order valence-electron chi connectivity index (χ0n) is 29.5. The summed E-state index contributed by atoms with van der Waals surface area (Å²) in [4.78, 5) is 14.1. The first-order chi connectivity index (χ1) is 23.3. The van der Waals surface area contributed by atoms with Crippen LogP contribution in [0.2, 0.25) is 0 Å². The fourth-order valence-electron chi connectivity index (χ4n) is 6.82. The molecule has 268 valence electrons. The zero-order valence-corrected chi connectivity index (χ0v) is 31.1. The van der Waals surface area contributed by atoms with Gasteiger partial charge in [0.2, 0.25) is 5.69 Å². The van der Waals surface area contributed by atoms with Crippen molar-refractivity contribution in [3.63, 3.8) is 0 Å². The molecule has 49 heavy (non-hydrogen) atoms. The molecule has 11 nitrogen and oxygen atoms in total. The molecule has 0 bridgehead atoms. The minimum atomic E-state index is -3.88. The van der Waals surface area contributed by atoms with Crippen molar-refractivity contribution in [1.29, 1.82) is 0 Å². The summed E-state index contributed by atoms with van der Waals surface area (Å²) in [6.07, 6.45) is 9.17. The molecule has 0 spiro atoms. The number of methoxy groups -OCH3 is 2. The molecule has 13 heteroatoms. The van der Waals surface area contributed by atoms with E-state index >= 15 is 0 Å². The average molecular weight is 718 g/mol. The van der Waals surface area contributed by atoms with E-state index in [1.165, 1.54) is 7.11 Å². The molecule has 2 aromatic carbocycles. The quantitative estimate of drug-likeness (QED) is 0.118. The molecule has 2 atom stereocenters. The van der Waals surface area contributed by atoms with Crippen LogP contribution in [0.3, 0.4) is 0 Å². The van der Waals surface area contributed by atoms with Gasteiger partial charge >= 0.3 is 5.97 Å². The fraction of sp³-hybridized carbons (Fsp3) is 0.500. The summed E-state index contributed by atoms with van der Waals surface area (Å²) in [6.45, 7) is 8.52. The number of carboxylic acid groups (broad SMARTS) is 1. The highest BCUT2D eigenvalue weighted by molar-refractivity contribution is 7.86. The Morgan fingerprint density at radius 2 is 1.71 bits per heavy atom. The van der Waals surface area contributed by atoms with Crippen LogP contribution in [0.1, 0.15) is 64.0 Å². The smallest absolute Gasteiger partial charge is 0.303 e. The Hall–Kier alpha value is -3.20. The van der Waals surface area contributed by atoms with E-state index in [0.29, 0.717) is 44.0 Å². The molecule has 4 rings (SSSR count). The molecule has 0 saturated carbocycles. The summed E-state index contributed by atoms with van der Waals surface area (Å²) in [6, 6.07) is 10.8. The van der Waals surface area contributed by atoms with Crippen LogP contribution in [-0.2, 0) is 54.7 Å². The molecule has 0 radical (unpaired) electrons. The van der Waals surface area contributed by atoms with Gasteiger partial charge < -0.3 is 19.5 Å². The number of nitrogens with zero attached hydrogens (tertiary/aromatic N) is 2. The topological polar surface area (TPSA) is 132 Å². The predicted octanol–water partition coefficient (Wildman–Crippen LogP) is 5.61. The van der Waals surface area contributed by atoms with E-state index < -0.39 is 38.0 Å². The number of unbranched alkanes of at least 4 members (excludes halogenated alkanes) is 2. The van der Waals surface area contributed by atoms with Crippen LogP contribution in [0.4, 0.5) is 11.4 Å². The summed E-state index contributed by atoms with van der Waals surface area (Å²) in [7, 11) is 2.02. The summed E-state index contributed by atoms with van der Waals surface area (Å²) >= 11 is -1.61. The third kappa shape index (κ3) is 8.08. The van der Waals surface area contributed by atoms with Gasteiger partial charge in [-0.1, -0.05) is 12.5 Å². The van der Waals surface area contributed by atoms with Crippen molar-refractivity contribution in [2.75, 3.05) is 59.6 Å². The summed E-state index contributed by atoms with van der Waals surface area (Å²) in [5, 5.41) is 9.13. The maximum Gasteiger partial charge on any atom is 0.303 e. The van der Waals surface area contributed by atoms with Gasteiger partial charge in [0.15, 0.2) is 23.3 Å². The van der Waals surface area contributed by atoms with Gasteiger partial charge in [-0.25, -0.2) is 4.21 Å². The number of benzene rings is 2. The molecule has 2 aliphatic rings. The van der Waals surface area contributed by atoms with Crippen molar-refractivity contribution in [2.45, 2.75) is 73.5 Å². The van der Waals surface area contributed by atoms with Gasteiger partial charge in [0.25, 0.3) is 10.1 Å². The maximum atomic E-state index is 12.7. The number of hydrogen-bond donors (Lipinski definition) is 1. The highest BCUT2D eigenvalue weighted by Gasteiger charge is 2.46. The van der Waals surface area contributed by atoms with Gasteiger partial charge in [-0.05, 0) is 82.0 Å². The van der Waals surface area contributed by atoms with E-state index in [1.807, 2.05) is 30.3 Å². The van der Waals surface area contributed by atoms with E-state index in [9.17, 15) is 17.4 Å². The highest BCUT2D eigenvalue weighted by atomic mass is 32.2. The minimum Gasteiger partial charge on any atom is -0.481 e. The van der Waals surface area contributed by atoms with E-state index in [4.69, 9.17) is 22.9 Å². The molecule has 0 saturated heterocycles. The Morgan fingerprint density at radius 1 is 0.980 bits per heavy atom. The number of carbonyl (C=O) groups is 1. The molecule has 0 amide bonds. The normalized spacial score (nSPS) is 20.0. The Balaban J connectivity index is 1.81. The SMILES string of the molecule is COCC[N+]1=C(/C=C/C=C2/N(CCCCCC(=O)O)c3ccc(S(=O)OC)cc3C2(C)CCOC)C(C)(C)c2cc(S(=O)(=O)OC)ccc21. The second kappa shape index (κ2) is 16.2. The number of carboxylic acids is 1. The van der Waals surface area contributed by atoms with Crippen molar-refractivity contribution in [2.24, 2.45) is 0 Å². The van der Waals surface area contributed by atoms with Gasteiger partial charge in [-0.2, -0.15) is 13.0 Å². The Labute approximate surface area is 293 Å². The monoisotopic (exact) mass is 717 g/mol. The number of aliphatic carboxylic acids is 1. The first kappa shape index (κ1) is 38.6. The Morgan fingerprint density at radius 3 is 2.37 bits per heavy atom. The first-order valence-electron chi connectivity index (χ1n) is 16.3. The highest BCUT2D eigenvalue weighted by Crippen LogP contribution is 2.51. The number of allylic oxidation sites excluding steroid dienone is 4. The van der Waals surface area contributed by atoms with Crippen molar-refractivity contribution in [3.8, 4) is 0 Å². The van der Waals surface area contributed by atoms with Gasteiger partial charge in [0.05, 0.1) is 29.4 Å². The van der Waals surface area contributed by atoms with Crippen LogP contribution in [0, 0.1) is 0 Å². The first-order valence-corrected chi connectivity index (χ1v) is 18.8. The van der Waals surface area contributed by atoms with Gasteiger partial charge in [0, 0.05) is 68.3 Å². The number of hydrogen-bond acceptors (Lipinski definition) is 9. The standard InChI is InChI=1S/C36H48N2O9S2/c1-35(2)28-25-27(49(42,43)47-7)16-18-30(28)38(21-23-45-5)32(35)12-11-13-33-36(3,19-22-44-4)29-24-26(48(41)46-6)15-17-31(29)37(33)20-10-8-9-14-34(39)40/h11-13,15-18,24-25H,8-10,14,19-23H2,1-7H3/p+1. The number of fused-ring (bicyclic) bond motifs is 2. The van der Waals surface area contributed by atoms with Crippen molar-refractivity contribution < 1.29 is 44.9 Å². The molecule has 2 unspecified atom stereocenters. The number of rotatable bonds is 18. The molecular weight excluding hydrogens is 669 g/mol. The third-order valence-corrected chi connectivity index (χ3v) is 11.7. The second-order valence-electron chi connectivity index (χ2n) is 12.9. The zero-order chi connectivity index (χ0) is 36.0. The number of ether oxygens (including phenoxy) is 2. The molecule has 2 aromatic rings. The molecule has 1 N–H and O–H groups in total. The lowest BCUT2D eigenvalue weighted by atomic mass is 9.78. The Kier molecular flexibility index (Phi) is 12.8. The summed E-state index contributed by atoms with van der Waals surface area (Å²) in [5.41, 5.74) is 4.78. The molecule has 2 heterocycles. The predicted molar refractivity (Wildman–Crippen MR) is 190 cm³/mol. The van der Waals surface area contributed by atoms with Crippen LogP contribution < -0.4 is 4.90 Å². The molecule has 0 aromatic heterocycles. The minimum absolute atomic E-state index is 0.103. The van der Waals surface area contributed by atoms with Gasteiger partial charge in [-0.15, -0.1) is 0 Å². The third-order valence-electron chi connectivity index (χ3n) is 9.53. The van der Waals surface area contributed by atoms with Crippen LogP contribution in [0.15, 0.2) is 70.1 Å².